The van der Waals surface area contributed by atoms with Crippen LogP contribution in [-0.2, 0) is 38.4 Å². The SMILES string of the molecule is CCOC(=O)C=C(C)C(=O)OOC(=O)C=CC(=O)OC. The fraction of sp³-hybridized carbons (Fsp3) is 0.333. The summed E-state index contributed by atoms with van der Waals surface area (Å²) in [5.74, 6) is -3.63. The van der Waals surface area contributed by atoms with Crippen LogP contribution in [-0.4, -0.2) is 37.6 Å². The van der Waals surface area contributed by atoms with Gasteiger partial charge in [-0.05, 0) is 13.8 Å². The van der Waals surface area contributed by atoms with E-state index in [9.17, 15) is 19.2 Å². The molecular formula is C12H14O8. The summed E-state index contributed by atoms with van der Waals surface area (Å²) >= 11 is 0. The summed E-state index contributed by atoms with van der Waals surface area (Å²) in [6, 6.07) is 0. The van der Waals surface area contributed by atoms with Crippen molar-refractivity contribution in [1.29, 1.82) is 0 Å². The first kappa shape index (κ1) is 17.4. The number of rotatable bonds is 5. The Labute approximate surface area is 114 Å². The second kappa shape index (κ2) is 9.31. The zero-order valence-corrected chi connectivity index (χ0v) is 11.2. The highest BCUT2D eigenvalue weighted by molar-refractivity contribution is 5.96. The van der Waals surface area contributed by atoms with Crippen LogP contribution in [0, 0.1) is 0 Å². The largest absolute Gasteiger partial charge is 0.466 e. The summed E-state index contributed by atoms with van der Waals surface area (Å²) < 4.78 is 8.80. The van der Waals surface area contributed by atoms with Crippen molar-refractivity contribution in [2.24, 2.45) is 0 Å². The molecule has 0 rings (SSSR count). The summed E-state index contributed by atoms with van der Waals surface area (Å²) in [4.78, 5) is 52.2. The first-order valence-corrected chi connectivity index (χ1v) is 5.44. The minimum Gasteiger partial charge on any atom is -0.466 e. The maximum atomic E-state index is 11.3. The Morgan fingerprint density at radius 3 is 2.10 bits per heavy atom. The van der Waals surface area contributed by atoms with Gasteiger partial charge in [-0.2, -0.15) is 0 Å². The van der Waals surface area contributed by atoms with Gasteiger partial charge in [-0.25, -0.2) is 29.0 Å². The molecule has 0 aliphatic rings. The molecule has 0 amide bonds. The van der Waals surface area contributed by atoms with E-state index in [0.29, 0.717) is 6.08 Å². The molecule has 0 aromatic carbocycles. The average Bonchev–Trinajstić information content (AvgIpc) is 2.41. The molecule has 0 heterocycles. The first-order valence-electron chi connectivity index (χ1n) is 5.44. The van der Waals surface area contributed by atoms with E-state index in [-0.39, 0.29) is 12.2 Å². The van der Waals surface area contributed by atoms with Crippen LogP contribution in [0.25, 0.3) is 0 Å². The normalized spacial score (nSPS) is 10.8. The summed E-state index contributed by atoms with van der Waals surface area (Å²) in [6.07, 6.45) is 2.39. The molecule has 0 aromatic rings. The molecule has 0 radical (unpaired) electrons. The second-order valence-electron chi connectivity index (χ2n) is 3.21. The lowest BCUT2D eigenvalue weighted by Crippen LogP contribution is -2.12. The van der Waals surface area contributed by atoms with E-state index in [2.05, 4.69) is 19.2 Å². The molecule has 20 heavy (non-hydrogen) atoms. The number of esters is 2. The number of ether oxygens (including phenoxy) is 2. The highest BCUT2D eigenvalue weighted by atomic mass is 17.2. The molecule has 110 valence electrons. The highest BCUT2D eigenvalue weighted by Gasteiger charge is 2.12. The van der Waals surface area contributed by atoms with Crippen LogP contribution < -0.4 is 0 Å². The smallest absolute Gasteiger partial charge is 0.382 e. The Hall–Kier alpha value is -2.64. The third-order valence-corrected chi connectivity index (χ3v) is 1.70. The van der Waals surface area contributed by atoms with Gasteiger partial charge in [-0.3, -0.25) is 0 Å². The van der Waals surface area contributed by atoms with E-state index in [1.165, 1.54) is 6.92 Å². The molecule has 0 spiro atoms. The van der Waals surface area contributed by atoms with Gasteiger partial charge in [-0.15, -0.1) is 0 Å². The molecule has 0 saturated heterocycles. The van der Waals surface area contributed by atoms with Crippen LogP contribution >= 0.6 is 0 Å². The lowest BCUT2D eigenvalue weighted by atomic mass is 10.3. The van der Waals surface area contributed by atoms with Gasteiger partial charge in [0.15, 0.2) is 0 Å². The molecule has 0 N–H and O–H groups in total. The molecule has 8 heteroatoms. The van der Waals surface area contributed by atoms with Crippen LogP contribution in [0.4, 0.5) is 0 Å². The van der Waals surface area contributed by atoms with Gasteiger partial charge >= 0.3 is 23.9 Å². The Bertz CT molecular complexity index is 446. The van der Waals surface area contributed by atoms with Gasteiger partial charge in [-0.1, -0.05) is 0 Å². The summed E-state index contributed by atoms with van der Waals surface area (Å²) in [5, 5.41) is 0. The molecule has 0 atom stereocenters. The predicted molar refractivity (Wildman–Crippen MR) is 63.7 cm³/mol. The third kappa shape index (κ3) is 7.64. The van der Waals surface area contributed by atoms with Crippen molar-refractivity contribution in [1.82, 2.24) is 0 Å². The standard InChI is InChI=1S/C12H14O8/c1-4-18-11(15)7-8(2)12(16)20-19-10(14)6-5-9(13)17-3/h5-7H,4H2,1-3H3. The minimum atomic E-state index is -1.09. The monoisotopic (exact) mass is 286 g/mol. The molecule has 0 aliphatic carbocycles. The lowest BCUT2D eigenvalue weighted by molar-refractivity contribution is -0.251. The average molecular weight is 286 g/mol. The van der Waals surface area contributed by atoms with Crippen molar-refractivity contribution in [2.45, 2.75) is 13.8 Å². The highest BCUT2D eigenvalue weighted by Crippen LogP contribution is 1.99. The van der Waals surface area contributed by atoms with E-state index in [4.69, 9.17) is 0 Å². The Balaban J connectivity index is 4.28. The van der Waals surface area contributed by atoms with Gasteiger partial charge in [0.25, 0.3) is 0 Å². The summed E-state index contributed by atoms with van der Waals surface area (Å²) in [6.45, 7) is 3.04. The van der Waals surface area contributed by atoms with Crippen LogP contribution in [0.1, 0.15) is 13.8 Å². The van der Waals surface area contributed by atoms with E-state index >= 15 is 0 Å². The first-order chi connectivity index (χ1) is 9.40. The lowest BCUT2D eigenvalue weighted by Gasteiger charge is -2.01. The number of hydrogen-bond acceptors (Lipinski definition) is 8. The Kier molecular flexibility index (Phi) is 8.08. The molecule has 0 aromatic heterocycles. The van der Waals surface area contributed by atoms with Crippen molar-refractivity contribution in [3.05, 3.63) is 23.8 Å². The van der Waals surface area contributed by atoms with Crippen LogP contribution in [0.3, 0.4) is 0 Å². The number of hydrogen-bond donors (Lipinski definition) is 0. The maximum absolute atomic E-state index is 11.3. The van der Waals surface area contributed by atoms with E-state index in [1.807, 2.05) is 0 Å². The third-order valence-electron chi connectivity index (χ3n) is 1.70. The van der Waals surface area contributed by atoms with Crippen molar-refractivity contribution >= 4 is 23.9 Å². The molecule has 0 saturated carbocycles. The molecule has 0 unspecified atom stereocenters. The number of carbonyl (C=O) groups excluding carboxylic acids is 4. The van der Waals surface area contributed by atoms with Gasteiger partial charge in [0.1, 0.15) is 0 Å². The molecular weight excluding hydrogens is 272 g/mol. The van der Waals surface area contributed by atoms with Gasteiger partial charge in [0.2, 0.25) is 0 Å². The fourth-order valence-electron chi connectivity index (χ4n) is 0.796. The zero-order valence-electron chi connectivity index (χ0n) is 11.2. The van der Waals surface area contributed by atoms with E-state index < -0.39 is 23.9 Å². The van der Waals surface area contributed by atoms with Crippen LogP contribution in [0.2, 0.25) is 0 Å². The van der Waals surface area contributed by atoms with Gasteiger partial charge in [0.05, 0.1) is 13.7 Å². The van der Waals surface area contributed by atoms with Crippen molar-refractivity contribution < 1.29 is 38.4 Å². The molecule has 0 aliphatic heterocycles. The number of methoxy groups -OCH3 is 1. The fourth-order valence-corrected chi connectivity index (χ4v) is 0.796. The van der Waals surface area contributed by atoms with Crippen LogP contribution in [0.15, 0.2) is 23.8 Å². The summed E-state index contributed by atoms with van der Waals surface area (Å²) in [7, 11) is 1.13. The number of carbonyl (C=O) groups is 4. The van der Waals surface area contributed by atoms with Gasteiger partial charge < -0.3 is 9.47 Å². The van der Waals surface area contributed by atoms with Crippen molar-refractivity contribution in [3.63, 3.8) is 0 Å². The molecule has 0 fully saturated rings. The van der Waals surface area contributed by atoms with Crippen molar-refractivity contribution in [3.8, 4) is 0 Å². The topological polar surface area (TPSA) is 105 Å². The Morgan fingerprint density at radius 1 is 0.950 bits per heavy atom. The van der Waals surface area contributed by atoms with Gasteiger partial charge in [0, 0.05) is 23.8 Å². The van der Waals surface area contributed by atoms with Crippen LogP contribution in [0.5, 0.6) is 0 Å². The second-order valence-corrected chi connectivity index (χ2v) is 3.21. The quantitative estimate of drug-likeness (QED) is 0.306. The Morgan fingerprint density at radius 2 is 1.55 bits per heavy atom. The zero-order chi connectivity index (χ0) is 15.5. The summed E-state index contributed by atoms with van der Waals surface area (Å²) in [5.41, 5.74) is -0.117. The minimum absolute atomic E-state index is 0.117. The molecule has 8 nitrogen and oxygen atoms in total. The van der Waals surface area contributed by atoms with E-state index in [1.54, 1.807) is 6.92 Å². The van der Waals surface area contributed by atoms with Crippen molar-refractivity contribution in [2.75, 3.05) is 13.7 Å². The maximum Gasteiger partial charge on any atom is 0.382 e. The molecule has 0 bridgehead atoms. The van der Waals surface area contributed by atoms with E-state index in [0.717, 1.165) is 19.3 Å². The predicted octanol–water partition coefficient (Wildman–Crippen LogP) is 0.226.